The highest BCUT2D eigenvalue weighted by molar-refractivity contribution is 6.31. The maximum absolute atomic E-state index is 15.7. The van der Waals surface area contributed by atoms with Gasteiger partial charge in [0.05, 0.1) is 68.7 Å². The Balaban J connectivity index is 1.72. The van der Waals surface area contributed by atoms with E-state index >= 15 is 4.39 Å². The Morgan fingerprint density at radius 2 is 1.74 bits per heavy atom. The first kappa shape index (κ1) is 30.8. The first-order valence-corrected chi connectivity index (χ1v) is 13.2. The van der Waals surface area contributed by atoms with E-state index in [4.69, 9.17) is 30.5 Å². The topological polar surface area (TPSA) is 121 Å². The van der Waals surface area contributed by atoms with E-state index < -0.39 is 54.7 Å². The molecule has 2 aliphatic heterocycles. The molecule has 0 aliphatic carbocycles. The number of benzene rings is 2. The van der Waals surface area contributed by atoms with E-state index in [1.165, 1.54) is 19.2 Å². The van der Waals surface area contributed by atoms with E-state index in [1.807, 2.05) is 0 Å². The molecule has 2 unspecified atom stereocenters. The molecular weight excluding hydrogens is 578 g/mol. The van der Waals surface area contributed by atoms with Gasteiger partial charge in [0.2, 0.25) is 0 Å². The van der Waals surface area contributed by atoms with E-state index in [1.54, 1.807) is 31.2 Å². The van der Waals surface area contributed by atoms with Crippen LogP contribution in [0.2, 0.25) is 5.02 Å². The Morgan fingerprint density at radius 3 is 2.31 bits per heavy atom. The van der Waals surface area contributed by atoms with Crippen LogP contribution in [0.25, 0.3) is 0 Å². The van der Waals surface area contributed by atoms with Gasteiger partial charge in [0.1, 0.15) is 12.6 Å². The minimum atomic E-state index is -1.57. The van der Waals surface area contributed by atoms with Crippen molar-refractivity contribution in [1.82, 2.24) is 4.90 Å². The van der Waals surface area contributed by atoms with Crippen LogP contribution in [0, 0.1) is 11.7 Å². The third-order valence-corrected chi connectivity index (χ3v) is 7.21. The summed E-state index contributed by atoms with van der Waals surface area (Å²) in [5.41, 5.74) is -0.566. The average molecular weight is 605 g/mol. The maximum Gasteiger partial charge on any atom is 0.336 e. The molecule has 2 aliphatic rings. The van der Waals surface area contributed by atoms with Gasteiger partial charge >= 0.3 is 11.9 Å². The highest BCUT2D eigenvalue weighted by Gasteiger charge is 2.46. The van der Waals surface area contributed by atoms with Crippen LogP contribution in [-0.4, -0.2) is 81.6 Å². The Morgan fingerprint density at radius 1 is 1.07 bits per heavy atom. The minimum Gasteiger partial charge on any atom is -0.494 e. The molecule has 0 saturated heterocycles. The molecule has 2 aromatic carbocycles. The molecule has 10 nitrogen and oxygen atoms in total. The quantitative estimate of drug-likeness (QED) is 0.215. The van der Waals surface area contributed by atoms with Crippen LogP contribution < -0.4 is 4.74 Å². The molecule has 42 heavy (non-hydrogen) atoms. The van der Waals surface area contributed by atoms with Crippen molar-refractivity contribution in [1.29, 1.82) is 0 Å². The molecule has 0 bridgehead atoms. The van der Waals surface area contributed by atoms with Crippen LogP contribution in [0.15, 0.2) is 52.7 Å². The molecule has 0 fully saturated rings. The lowest BCUT2D eigenvalue weighted by atomic mass is 9.75. The zero-order valence-corrected chi connectivity index (χ0v) is 23.7. The lowest BCUT2D eigenvalue weighted by Crippen LogP contribution is -2.39. The largest absolute Gasteiger partial charge is 0.494 e. The van der Waals surface area contributed by atoms with Gasteiger partial charge in [-0.3, -0.25) is 24.3 Å². The fourth-order valence-corrected chi connectivity index (χ4v) is 5.25. The van der Waals surface area contributed by atoms with Crippen molar-refractivity contribution in [3.8, 4) is 5.75 Å². The molecule has 0 saturated carbocycles. The number of aliphatic imine (C=N–C) groups is 1. The normalized spacial score (nSPS) is 18.1. The number of fused-ring (bicyclic) bond motifs is 1. The number of alkyl halides is 1. The smallest absolute Gasteiger partial charge is 0.336 e. The van der Waals surface area contributed by atoms with Gasteiger partial charge < -0.3 is 18.9 Å². The zero-order valence-electron chi connectivity index (χ0n) is 22.9. The number of methoxy groups -OCH3 is 2. The van der Waals surface area contributed by atoms with E-state index in [-0.39, 0.29) is 64.2 Å². The summed E-state index contributed by atoms with van der Waals surface area (Å²) in [4.78, 5) is 56.8. The molecule has 4 rings (SSSR count). The predicted molar refractivity (Wildman–Crippen MR) is 146 cm³/mol. The number of halogens is 3. The number of ether oxygens (including phenoxy) is 4. The van der Waals surface area contributed by atoms with Gasteiger partial charge in [-0.2, -0.15) is 0 Å². The molecule has 2 aromatic rings. The number of hydrogen-bond acceptors (Lipinski definition) is 9. The third-order valence-electron chi connectivity index (χ3n) is 6.88. The van der Waals surface area contributed by atoms with Crippen LogP contribution in [0.1, 0.15) is 39.1 Å². The molecular formula is C29H27ClF2N2O8. The monoisotopic (exact) mass is 604 g/mol. The average Bonchev–Trinajstić information content (AvgIpc) is 3.23. The zero-order chi connectivity index (χ0) is 30.6. The fourth-order valence-electron chi connectivity index (χ4n) is 4.99. The van der Waals surface area contributed by atoms with Gasteiger partial charge in [-0.05, 0) is 31.2 Å². The number of carbonyl (C=O) groups is 4. The van der Waals surface area contributed by atoms with Crippen molar-refractivity contribution in [3.05, 3.63) is 75.2 Å². The first-order valence-electron chi connectivity index (χ1n) is 12.9. The molecule has 2 heterocycles. The Labute approximate surface area is 244 Å². The van der Waals surface area contributed by atoms with Crippen molar-refractivity contribution in [3.63, 3.8) is 0 Å². The second-order valence-electron chi connectivity index (χ2n) is 9.13. The second-order valence-corrected chi connectivity index (χ2v) is 9.54. The lowest BCUT2D eigenvalue weighted by Gasteiger charge is -2.33. The van der Waals surface area contributed by atoms with E-state index in [0.717, 1.165) is 12.0 Å². The second kappa shape index (κ2) is 13.2. The number of rotatable bonds is 11. The first-order chi connectivity index (χ1) is 20.2. The van der Waals surface area contributed by atoms with Crippen LogP contribution in [0.3, 0.4) is 0 Å². The number of carbonyl (C=O) groups excluding carboxylic acids is 4. The van der Waals surface area contributed by atoms with Crippen molar-refractivity contribution < 1.29 is 46.9 Å². The number of amides is 2. The van der Waals surface area contributed by atoms with Crippen molar-refractivity contribution in [2.75, 3.05) is 47.3 Å². The van der Waals surface area contributed by atoms with Crippen molar-refractivity contribution >= 4 is 41.1 Å². The van der Waals surface area contributed by atoms with Crippen molar-refractivity contribution in [2.24, 2.45) is 10.9 Å². The summed E-state index contributed by atoms with van der Waals surface area (Å²) in [6, 6.07) is 8.96. The SMILES string of the molecule is CCOC(=O)C1=C(COCCN2C(=O)c3ccccc3C2=O)N=C(CF)C(C(=O)OC)C1c1c(Cl)ccc(OC)c1F. The summed E-state index contributed by atoms with van der Waals surface area (Å²) in [5.74, 6) is -7.20. The Kier molecular flexibility index (Phi) is 9.69. The number of hydrogen-bond donors (Lipinski definition) is 0. The van der Waals surface area contributed by atoms with Crippen molar-refractivity contribution in [2.45, 2.75) is 12.8 Å². The summed E-state index contributed by atoms with van der Waals surface area (Å²) >= 11 is 6.40. The van der Waals surface area contributed by atoms with Crippen LogP contribution in [0.4, 0.5) is 8.78 Å². The molecule has 0 aromatic heterocycles. The van der Waals surface area contributed by atoms with Gasteiger partial charge in [0.25, 0.3) is 11.8 Å². The van der Waals surface area contributed by atoms with Gasteiger partial charge in [0.15, 0.2) is 11.6 Å². The lowest BCUT2D eigenvalue weighted by molar-refractivity contribution is -0.144. The highest BCUT2D eigenvalue weighted by Crippen LogP contribution is 2.45. The number of imide groups is 1. The third kappa shape index (κ3) is 5.64. The summed E-state index contributed by atoms with van der Waals surface area (Å²) in [7, 11) is 2.28. The molecule has 0 spiro atoms. The molecule has 2 atom stereocenters. The van der Waals surface area contributed by atoms with Crippen LogP contribution >= 0.6 is 11.6 Å². The molecule has 13 heteroatoms. The summed E-state index contributed by atoms with van der Waals surface area (Å²) in [6.45, 7) is -0.520. The molecule has 222 valence electrons. The maximum atomic E-state index is 15.7. The van der Waals surface area contributed by atoms with E-state index in [0.29, 0.717) is 0 Å². The van der Waals surface area contributed by atoms with Gasteiger partial charge in [-0.25, -0.2) is 13.6 Å². The van der Waals surface area contributed by atoms with E-state index in [2.05, 4.69) is 4.99 Å². The molecule has 2 amide bonds. The summed E-state index contributed by atoms with van der Waals surface area (Å²) in [5, 5.41) is -0.167. The predicted octanol–water partition coefficient (Wildman–Crippen LogP) is 3.91. The van der Waals surface area contributed by atoms with Crippen LogP contribution in [0.5, 0.6) is 5.75 Å². The standard InChI is InChI=1S/C29H27ClF2N2O8/c1-4-42-29(38)23-19(14-41-12-11-34-26(35)15-7-5-6-8-16(15)27(34)36)33-18(13-31)22(28(37)40-3)24(23)21-17(30)9-10-20(39-2)25(21)32/h5-10,22,24H,4,11-14H2,1-3H3. The van der Waals surface area contributed by atoms with Gasteiger partial charge in [0, 0.05) is 16.5 Å². The molecule has 0 radical (unpaired) electrons. The van der Waals surface area contributed by atoms with Gasteiger partial charge in [-0.1, -0.05) is 23.7 Å². The Bertz CT molecular complexity index is 1460. The summed E-state index contributed by atoms with van der Waals surface area (Å²) < 4.78 is 51.0. The summed E-state index contributed by atoms with van der Waals surface area (Å²) in [6.07, 6.45) is 0. The number of nitrogens with zero attached hydrogens (tertiary/aromatic N) is 2. The Hall–Kier alpha value is -4.16. The highest BCUT2D eigenvalue weighted by atomic mass is 35.5. The van der Waals surface area contributed by atoms with Crippen LogP contribution in [-0.2, 0) is 23.8 Å². The van der Waals surface area contributed by atoms with E-state index in [9.17, 15) is 23.6 Å². The number of esters is 2. The van der Waals surface area contributed by atoms with Gasteiger partial charge in [-0.15, -0.1) is 0 Å². The fraction of sp³-hybridized carbons (Fsp3) is 0.345. The minimum absolute atomic E-state index is 0.0835. The molecule has 0 N–H and O–H groups in total.